The van der Waals surface area contributed by atoms with E-state index in [1.165, 1.54) is 12.1 Å². The number of benzene rings is 1. The molecule has 1 aromatic carbocycles. The lowest BCUT2D eigenvalue weighted by atomic mass is 10.1. The molecule has 2 rings (SSSR count). The molecule has 0 unspecified atom stereocenters. The van der Waals surface area contributed by atoms with Crippen LogP contribution in [0.15, 0.2) is 29.3 Å². The van der Waals surface area contributed by atoms with Gasteiger partial charge >= 0.3 is 0 Å². The molecule has 2 N–H and O–H groups in total. The van der Waals surface area contributed by atoms with Gasteiger partial charge in [-0.15, -0.1) is 24.0 Å². The van der Waals surface area contributed by atoms with Crippen molar-refractivity contribution in [2.24, 2.45) is 10.7 Å². The number of piperazine rings is 1. The number of anilines is 1. The normalized spacial score (nSPS) is 16.3. The minimum atomic E-state index is -0.202. The molecule has 0 amide bonds. The molecule has 1 aliphatic heterocycles. The van der Waals surface area contributed by atoms with Crippen LogP contribution < -0.4 is 10.6 Å². The third-order valence-electron chi connectivity index (χ3n) is 4.63. The lowest BCUT2D eigenvalue weighted by Crippen LogP contribution is -2.51. The van der Waals surface area contributed by atoms with E-state index in [2.05, 4.69) is 33.5 Å². The first-order valence-corrected chi connectivity index (χ1v) is 8.02. The zero-order chi connectivity index (χ0) is 17.0. The zero-order valence-corrected chi connectivity index (χ0v) is 17.3. The van der Waals surface area contributed by atoms with Crippen LogP contribution in [0, 0.1) is 5.82 Å². The highest BCUT2D eigenvalue weighted by Gasteiger charge is 2.22. The Balaban J connectivity index is 0.00000288. The van der Waals surface area contributed by atoms with Crippen molar-refractivity contribution < 1.29 is 4.39 Å². The Morgan fingerprint density at radius 2 is 1.71 bits per heavy atom. The summed E-state index contributed by atoms with van der Waals surface area (Å²) in [5.41, 5.74) is 7.19. The maximum Gasteiger partial charge on any atom is 0.191 e. The molecular formula is C17H29FIN5. The second-order valence-corrected chi connectivity index (χ2v) is 6.83. The van der Waals surface area contributed by atoms with Crippen LogP contribution in [0.4, 0.5) is 10.1 Å². The summed E-state index contributed by atoms with van der Waals surface area (Å²) < 4.78 is 13.0. The summed E-state index contributed by atoms with van der Waals surface area (Å²) in [5.74, 6) is 0.408. The SMILES string of the molecule is CN(C)C(C)(C)CN=C(N)N1CCN(c2ccc(F)cc2)CC1.I. The van der Waals surface area contributed by atoms with Crippen molar-refractivity contribution in [3.63, 3.8) is 0 Å². The Labute approximate surface area is 161 Å². The summed E-state index contributed by atoms with van der Waals surface area (Å²) in [5, 5.41) is 0. The predicted molar refractivity (Wildman–Crippen MR) is 110 cm³/mol. The van der Waals surface area contributed by atoms with Crippen LogP contribution in [-0.4, -0.2) is 68.1 Å². The molecule has 5 nitrogen and oxygen atoms in total. The molecule has 1 aliphatic rings. The summed E-state index contributed by atoms with van der Waals surface area (Å²) in [6.07, 6.45) is 0. The maximum atomic E-state index is 13.0. The molecule has 1 heterocycles. The summed E-state index contributed by atoms with van der Waals surface area (Å²) in [7, 11) is 4.10. The van der Waals surface area contributed by atoms with Gasteiger partial charge in [-0.25, -0.2) is 4.39 Å². The fourth-order valence-corrected chi connectivity index (χ4v) is 2.36. The van der Waals surface area contributed by atoms with Gasteiger partial charge in [0.05, 0.1) is 6.54 Å². The minimum absolute atomic E-state index is 0. The van der Waals surface area contributed by atoms with Gasteiger partial charge in [0.1, 0.15) is 5.82 Å². The highest BCUT2D eigenvalue weighted by atomic mass is 127. The van der Waals surface area contributed by atoms with Crippen molar-refractivity contribution in [3.8, 4) is 0 Å². The van der Waals surface area contributed by atoms with E-state index >= 15 is 0 Å². The third kappa shape index (κ3) is 5.47. The predicted octanol–water partition coefficient (Wildman–Crippen LogP) is 2.22. The summed E-state index contributed by atoms with van der Waals surface area (Å²) in [6, 6.07) is 6.64. The van der Waals surface area contributed by atoms with Crippen LogP contribution in [0.3, 0.4) is 0 Å². The van der Waals surface area contributed by atoms with Gasteiger partial charge < -0.3 is 20.4 Å². The van der Waals surface area contributed by atoms with E-state index in [-0.39, 0.29) is 35.3 Å². The highest BCUT2D eigenvalue weighted by molar-refractivity contribution is 14.0. The van der Waals surface area contributed by atoms with E-state index in [0.29, 0.717) is 12.5 Å². The van der Waals surface area contributed by atoms with Crippen LogP contribution >= 0.6 is 24.0 Å². The maximum absolute atomic E-state index is 13.0. The quantitative estimate of drug-likeness (QED) is 0.435. The monoisotopic (exact) mass is 449 g/mol. The van der Waals surface area contributed by atoms with E-state index in [0.717, 1.165) is 31.9 Å². The second kappa shape index (κ2) is 8.84. The number of aliphatic imine (C=N–C) groups is 1. The molecule has 0 aromatic heterocycles. The van der Waals surface area contributed by atoms with Gasteiger partial charge in [0, 0.05) is 37.4 Å². The van der Waals surface area contributed by atoms with Gasteiger partial charge in [0.15, 0.2) is 5.96 Å². The largest absolute Gasteiger partial charge is 0.370 e. The lowest BCUT2D eigenvalue weighted by Gasteiger charge is -2.37. The number of hydrogen-bond acceptors (Lipinski definition) is 3. The number of rotatable bonds is 4. The molecule has 7 heteroatoms. The smallest absolute Gasteiger partial charge is 0.191 e. The van der Waals surface area contributed by atoms with Gasteiger partial charge in [-0.05, 0) is 52.2 Å². The first-order chi connectivity index (χ1) is 10.8. The van der Waals surface area contributed by atoms with Gasteiger partial charge in [-0.2, -0.15) is 0 Å². The van der Waals surface area contributed by atoms with E-state index in [1.54, 1.807) is 0 Å². The van der Waals surface area contributed by atoms with Crippen molar-refractivity contribution in [1.29, 1.82) is 0 Å². The zero-order valence-electron chi connectivity index (χ0n) is 15.0. The van der Waals surface area contributed by atoms with Crippen LogP contribution in [0.25, 0.3) is 0 Å². The summed E-state index contributed by atoms with van der Waals surface area (Å²) >= 11 is 0. The molecule has 0 atom stereocenters. The summed E-state index contributed by atoms with van der Waals surface area (Å²) in [4.78, 5) is 11.1. The number of nitrogens with zero attached hydrogens (tertiary/aromatic N) is 4. The average molecular weight is 449 g/mol. The number of likely N-dealkylation sites (N-methyl/N-ethyl adjacent to an activating group) is 1. The molecular weight excluding hydrogens is 420 g/mol. The molecule has 0 aliphatic carbocycles. The Hall–Kier alpha value is -1.09. The van der Waals surface area contributed by atoms with Crippen molar-refractivity contribution in [1.82, 2.24) is 9.80 Å². The fraction of sp³-hybridized carbons (Fsp3) is 0.588. The van der Waals surface area contributed by atoms with Crippen LogP contribution in [0.2, 0.25) is 0 Å². The Morgan fingerprint density at radius 1 is 1.17 bits per heavy atom. The lowest BCUT2D eigenvalue weighted by molar-refractivity contribution is 0.204. The van der Waals surface area contributed by atoms with Crippen molar-refractivity contribution in [2.75, 3.05) is 51.7 Å². The van der Waals surface area contributed by atoms with Crippen LogP contribution in [0.5, 0.6) is 0 Å². The summed E-state index contributed by atoms with van der Waals surface area (Å²) in [6.45, 7) is 8.35. The van der Waals surface area contributed by atoms with Crippen LogP contribution in [-0.2, 0) is 0 Å². The molecule has 0 bridgehead atoms. The number of halogens is 2. The standard InChI is InChI=1S/C17H28FN5.HI/c1-17(2,21(3)4)13-20-16(19)23-11-9-22(10-12-23)15-7-5-14(18)6-8-15;/h5-8H,9-13H2,1-4H3,(H2,19,20);1H. The Kier molecular flexibility index (Phi) is 7.72. The Morgan fingerprint density at radius 3 is 2.21 bits per heavy atom. The highest BCUT2D eigenvalue weighted by Crippen LogP contribution is 2.17. The first kappa shape index (κ1) is 21.0. The second-order valence-electron chi connectivity index (χ2n) is 6.83. The topological polar surface area (TPSA) is 48.1 Å². The molecule has 1 aromatic rings. The first-order valence-electron chi connectivity index (χ1n) is 8.02. The van der Waals surface area contributed by atoms with Crippen molar-refractivity contribution in [3.05, 3.63) is 30.1 Å². The van der Waals surface area contributed by atoms with Crippen molar-refractivity contribution in [2.45, 2.75) is 19.4 Å². The van der Waals surface area contributed by atoms with Crippen molar-refractivity contribution >= 4 is 35.6 Å². The molecule has 1 saturated heterocycles. The van der Waals surface area contributed by atoms with Gasteiger partial charge in [0.2, 0.25) is 0 Å². The van der Waals surface area contributed by atoms with E-state index < -0.39 is 0 Å². The molecule has 24 heavy (non-hydrogen) atoms. The Bertz CT molecular complexity index is 536. The molecule has 0 spiro atoms. The molecule has 136 valence electrons. The fourth-order valence-electron chi connectivity index (χ4n) is 2.36. The van der Waals surface area contributed by atoms with E-state index in [1.807, 2.05) is 26.2 Å². The van der Waals surface area contributed by atoms with Gasteiger partial charge in [0.25, 0.3) is 0 Å². The number of guanidine groups is 1. The molecule has 1 fully saturated rings. The number of hydrogen-bond donors (Lipinski definition) is 1. The van der Waals surface area contributed by atoms with Crippen LogP contribution in [0.1, 0.15) is 13.8 Å². The number of nitrogens with two attached hydrogens (primary N) is 1. The van der Waals surface area contributed by atoms with E-state index in [9.17, 15) is 4.39 Å². The third-order valence-corrected chi connectivity index (χ3v) is 4.63. The van der Waals surface area contributed by atoms with Gasteiger partial charge in [-0.3, -0.25) is 4.99 Å². The minimum Gasteiger partial charge on any atom is -0.370 e. The average Bonchev–Trinajstić information content (AvgIpc) is 2.53. The molecule has 0 radical (unpaired) electrons. The molecule has 0 saturated carbocycles. The van der Waals surface area contributed by atoms with Gasteiger partial charge in [-0.1, -0.05) is 0 Å². The van der Waals surface area contributed by atoms with E-state index in [4.69, 9.17) is 5.73 Å².